The van der Waals surface area contributed by atoms with Gasteiger partial charge in [-0.3, -0.25) is 4.98 Å². The molecular formula is C15H27N3. The Morgan fingerprint density at radius 1 is 1.33 bits per heavy atom. The van der Waals surface area contributed by atoms with Gasteiger partial charge in [0.25, 0.3) is 0 Å². The number of nitrogens with zero attached hydrogens (tertiary/aromatic N) is 2. The van der Waals surface area contributed by atoms with Gasteiger partial charge < -0.3 is 10.2 Å². The third-order valence-electron chi connectivity index (χ3n) is 3.35. The molecule has 102 valence electrons. The lowest BCUT2D eigenvalue weighted by atomic mass is 9.85. The summed E-state index contributed by atoms with van der Waals surface area (Å²) in [4.78, 5) is 6.69. The standard InChI is InChI=1S/C15H27N3/c1-15(2,3)14(16-4)9-11-18(5)12-13-8-6-7-10-17-13/h6-8,10,14,16H,9,11-12H2,1-5H3. The molecule has 0 aliphatic rings. The van der Waals surface area contributed by atoms with Crippen LogP contribution in [-0.4, -0.2) is 36.6 Å². The lowest BCUT2D eigenvalue weighted by Gasteiger charge is -2.31. The quantitative estimate of drug-likeness (QED) is 0.840. The highest BCUT2D eigenvalue weighted by atomic mass is 15.1. The van der Waals surface area contributed by atoms with Crippen LogP contribution in [0.3, 0.4) is 0 Å². The van der Waals surface area contributed by atoms with Gasteiger partial charge in [-0.05, 0) is 44.6 Å². The normalized spacial score (nSPS) is 13.9. The number of rotatable bonds is 6. The van der Waals surface area contributed by atoms with E-state index in [1.54, 1.807) is 0 Å². The molecule has 1 aromatic rings. The van der Waals surface area contributed by atoms with E-state index < -0.39 is 0 Å². The Balaban J connectivity index is 2.39. The summed E-state index contributed by atoms with van der Waals surface area (Å²) in [5, 5.41) is 3.42. The van der Waals surface area contributed by atoms with E-state index in [-0.39, 0.29) is 0 Å². The molecule has 1 atom stereocenters. The maximum Gasteiger partial charge on any atom is 0.0543 e. The zero-order chi connectivity index (χ0) is 13.6. The van der Waals surface area contributed by atoms with E-state index >= 15 is 0 Å². The first-order valence-electron chi connectivity index (χ1n) is 6.69. The predicted octanol–water partition coefficient (Wildman–Crippen LogP) is 2.54. The molecule has 3 heteroatoms. The molecule has 0 bridgehead atoms. The molecule has 0 aliphatic heterocycles. The van der Waals surface area contributed by atoms with Gasteiger partial charge in [0.2, 0.25) is 0 Å². The Kier molecular flexibility index (Phi) is 5.76. The van der Waals surface area contributed by atoms with Crippen LogP contribution in [0.15, 0.2) is 24.4 Å². The largest absolute Gasteiger partial charge is 0.316 e. The zero-order valence-electron chi connectivity index (χ0n) is 12.4. The van der Waals surface area contributed by atoms with Crippen molar-refractivity contribution in [2.75, 3.05) is 20.6 Å². The van der Waals surface area contributed by atoms with Gasteiger partial charge >= 0.3 is 0 Å². The van der Waals surface area contributed by atoms with E-state index in [0.29, 0.717) is 11.5 Å². The SMILES string of the molecule is CNC(CCN(C)Cc1ccccn1)C(C)(C)C. The molecule has 0 saturated carbocycles. The third-order valence-corrected chi connectivity index (χ3v) is 3.35. The van der Waals surface area contributed by atoms with Gasteiger partial charge in [-0.25, -0.2) is 0 Å². The van der Waals surface area contributed by atoms with Crippen LogP contribution in [0.5, 0.6) is 0 Å². The number of nitrogens with one attached hydrogen (secondary N) is 1. The lowest BCUT2D eigenvalue weighted by Crippen LogP contribution is -2.40. The topological polar surface area (TPSA) is 28.2 Å². The summed E-state index contributed by atoms with van der Waals surface area (Å²) in [7, 11) is 4.21. The zero-order valence-corrected chi connectivity index (χ0v) is 12.4. The van der Waals surface area contributed by atoms with Crippen LogP contribution >= 0.6 is 0 Å². The highest BCUT2D eigenvalue weighted by molar-refractivity contribution is 5.03. The molecule has 1 unspecified atom stereocenters. The molecule has 1 N–H and O–H groups in total. The van der Waals surface area contributed by atoms with E-state index in [2.05, 4.69) is 56.1 Å². The van der Waals surface area contributed by atoms with E-state index in [1.807, 2.05) is 18.3 Å². The van der Waals surface area contributed by atoms with Crippen molar-refractivity contribution in [3.8, 4) is 0 Å². The predicted molar refractivity (Wildman–Crippen MR) is 77.5 cm³/mol. The second-order valence-corrected chi connectivity index (χ2v) is 6.05. The van der Waals surface area contributed by atoms with Crippen LogP contribution < -0.4 is 5.32 Å². The monoisotopic (exact) mass is 249 g/mol. The van der Waals surface area contributed by atoms with Crippen molar-refractivity contribution >= 4 is 0 Å². The molecule has 0 aromatic carbocycles. The molecule has 3 nitrogen and oxygen atoms in total. The van der Waals surface area contributed by atoms with Crippen LogP contribution in [0.4, 0.5) is 0 Å². The second kappa shape index (κ2) is 6.86. The van der Waals surface area contributed by atoms with Gasteiger partial charge in [-0.15, -0.1) is 0 Å². The minimum absolute atomic E-state index is 0.306. The first kappa shape index (κ1) is 15.1. The summed E-state index contributed by atoms with van der Waals surface area (Å²) in [5.41, 5.74) is 1.44. The van der Waals surface area contributed by atoms with Crippen LogP contribution in [0.2, 0.25) is 0 Å². The van der Waals surface area contributed by atoms with Gasteiger partial charge in [0.05, 0.1) is 5.69 Å². The van der Waals surface area contributed by atoms with Crippen molar-refractivity contribution in [1.82, 2.24) is 15.2 Å². The number of pyridine rings is 1. The highest BCUT2D eigenvalue weighted by Gasteiger charge is 2.22. The fraction of sp³-hybridized carbons (Fsp3) is 0.667. The van der Waals surface area contributed by atoms with Crippen LogP contribution in [0.25, 0.3) is 0 Å². The molecule has 0 fully saturated rings. The lowest BCUT2D eigenvalue weighted by molar-refractivity contribution is 0.226. The Bertz CT molecular complexity index is 329. The molecule has 1 rings (SSSR count). The fourth-order valence-electron chi connectivity index (χ4n) is 2.21. The summed E-state index contributed by atoms with van der Waals surface area (Å²) < 4.78 is 0. The molecule has 1 aromatic heterocycles. The van der Waals surface area contributed by atoms with E-state index in [0.717, 1.165) is 25.2 Å². The summed E-state index contributed by atoms with van der Waals surface area (Å²) >= 11 is 0. The maximum atomic E-state index is 4.36. The van der Waals surface area contributed by atoms with Crippen molar-refractivity contribution in [2.45, 2.75) is 39.8 Å². The molecular weight excluding hydrogens is 222 g/mol. The third kappa shape index (κ3) is 5.15. The van der Waals surface area contributed by atoms with Crippen LogP contribution in [0.1, 0.15) is 32.9 Å². The Labute approximate surface area is 112 Å². The van der Waals surface area contributed by atoms with Gasteiger partial charge in [-0.1, -0.05) is 26.8 Å². The summed E-state index contributed by atoms with van der Waals surface area (Å²) in [5.74, 6) is 0. The molecule has 1 heterocycles. The Hall–Kier alpha value is -0.930. The van der Waals surface area contributed by atoms with Crippen LogP contribution in [-0.2, 0) is 6.54 Å². The van der Waals surface area contributed by atoms with Gasteiger partial charge in [0.15, 0.2) is 0 Å². The summed E-state index contributed by atoms with van der Waals surface area (Å²) in [6.07, 6.45) is 3.01. The molecule has 0 spiro atoms. The minimum atomic E-state index is 0.306. The Morgan fingerprint density at radius 3 is 2.56 bits per heavy atom. The molecule has 18 heavy (non-hydrogen) atoms. The minimum Gasteiger partial charge on any atom is -0.316 e. The first-order chi connectivity index (χ1) is 8.43. The number of hydrogen-bond acceptors (Lipinski definition) is 3. The second-order valence-electron chi connectivity index (χ2n) is 6.05. The molecule has 0 amide bonds. The fourth-order valence-corrected chi connectivity index (χ4v) is 2.21. The van der Waals surface area contributed by atoms with E-state index in [1.165, 1.54) is 0 Å². The average Bonchev–Trinajstić information content (AvgIpc) is 2.29. The molecule has 0 aliphatic carbocycles. The van der Waals surface area contributed by atoms with Gasteiger partial charge in [0.1, 0.15) is 0 Å². The highest BCUT2D eigenvalue weighted by Crippen LogP contribution is 2.21. The van der Waals surface area contributed by atoms with Crippen molar-refractivity contribution in [3.05, 3.63) is 30.1 Å². The van der Waals surface area contributed by atoms with E-state index in [4.69, 9.17) is 0 Å². The van der Waals surface area contributed by atoms with Gasteiger partial charge in [-0.2, -0.15) is 0 Å². The maximum absolute atomic E-state index is 4.36. The summed E-state index contributed by atoms with van der Waals surface area (Å²) in [6.45, 7) is 8.85. The molecule has 0 radical (unpaired) electrons. The van der Waals surface area contributed by atoms with Crippen LogP contribution in [0, 0.1) is 5.41 Å². The van der Waals surface area contributed by atoms with Gasteiger partial charge in [0, 0.05) is 18.8 Å². The van der Waals surface area contributed by atoms with Crippen molar-refractivity contribution < 1.29 is 0 Å². The number of aromatic nitrogens is 1. The number of hydrogen-bond donors (Lipinski definition) is 1. The van der Waals surface area contributed by atoms with Crippen molar-refractivity contribution in [2.24, 2.45) is 5.41 Å². The van der Waals surface area contributed by atoms with E-state index in [9.17, 15) is 0 Å². The smallest absolute Gasteiger partial charge is 0.0543 e. The van der Waals surface area contributed by atoms with Crippen molar-refractivity contribution in [1.29, 1.82) is 0 Å². The summed E-state index contributed by atoms with van der Waals surface area (Å²) in [6, 6.07) is 6.63. The average molecular weight is 249 g/mol. The van der Waals surface area contributed by atoms with Crippen molar-refractivity contribution in [3.63, 3.8) is 0 Å². The first-order valence-corrected chi connectivity index (χ1v) is 6.69. The Morgan fingerprint density at radius 2 is 2.06 bits per heavy atom. The molecule has 0 saturated heterocycles.